The van der Waals surface area contributed by atoms with Crippen LogP contribution in [-0.4, -0.2) is 279 Å². The van der Waals surface area contributed by atoms with Crippen LogP contribution in [0.1, 0.15) is 73.6 Å². The second kappa shape index (κ2) is 23.3. The third-order valence-corrected chi connectivity index (χ3v) is 15.0. The van der Waals surface area contributed by atoms with Gasteiger partial charge >= 0.3 is 0 Å². The normalized spacial score (nSPS) is 54.7. The highest BCUT2D eigenvalue weighted by molar-refractivity contribution is 5.05. The molecule has 0 amide bonds. The summed E-state index contributed by atoms with van der Waals surface area (Å²) in [5, 5.41) is 166. The fourth-order valence-corrected chi connectivity index (χ4v) is 10.3. The first-order valence-corrected chi connectivity index (χ1v) is 24.3. The summed E-state index contributed by atoms with van der Waals surface area (Å²) in [4.78, 5) is 0. The maximum Gasteiger partial charge on any atom is 0.187 e. The van der Waals surface area contributed by atoms with Gasteiger partial charge in [-0.2, -0.15) is 0 Å². The Morgan fingerprint density at radius 2 is 0.704 bits per heavy atom. The predicted molar refractivity (Wildman–Crippen MR) is 228 cm³/mol. The Labute approximate surface area is 409 Å². The first kappa shape index (κ1) is 57.6. The zero-order valence-corrected chi connectivity index (χ0v) is 40.3. The molecule has 1 aliphatic carbocycles. The number of hydrogen-bond acceptors (Lipinski definition) is 27. The van der Waals surface area contributed by atoms with E-state index in [1.165, 1.54) is 27.7 Å². The molecule has 27 nitrogen and oxygen atoms in total. The minimum Gasteiger partial charge on any atom is -0.394 e. The average Bonchev–Trinajstić information content (AvgIpc) is 3.33. The molecule has 7 rings (SSSR count). The smallest absolute Gasteiger partial charge is 0.187 e. The standard InChI is InChI=1S/C44H76O27/c1-14-21(47)25(51)26(52)37(60-14)70-35-41(65-19(12-45)33(56)43(35,5)58)69-32-24(50)16(3)62-39(28(32)54)67-30-22(48)17(4)63-40(29(30)55)71-36-42(66-20(13-46)34(57)44(36,6)59)68-31-23(49)15(2)61-38(27(31)53)64-18-10-8-7-9-11-18/h14-42,45-59H,7-13H2,1-6H3/t14-,15+,16+,17-,19-,20-,21-,22-,23+,24+,25+,26+,27-,28-,29+,30+,31-,32-,33-,34-,35-,36-,37-,38+,39+,40-,41-,42-,43+,44+/m1/s1. The zero-order chi connectivity index (χ0) is 52.2. The largest absolute Gasteiger partial charge is 0.394 e. The summed E-state index contributed by atoms with van der Waals surface area (Å²) in [6.45, 7) is 6.05. The van der Waals surface area contributed by atoms with Crippen LogP contribution in [0, 0.1) is 0 Å². The van der Waals surface area contributed by atoms with Crippen molar-refractivity contribution in [2.45, 2.75) is 263 Å². The van der Waals surface area contributed by atoms with Gasteiger partial charge < -0.3 is 133 Å². The van der Waals surface area contributed by atoms with Gasteiger partial charge in [0.05, 0.1) is 43.7 Å². The van der Waals surface area contributed by atoms with E-state index >= 15 is 0 Å². The third kappa shape index (κ3) is 11.6. The quantitative estimate of drug-likeness (QED) is 0.0769. The highest BCUT2D eigenvalue weighted by atomic mass is 16.8. The Balaban J connectivity index is 1.10. The lowest BCUT2D eigenvalue weighted by Gasteiger charge is -2.52. The van der Waals surface area contributed by atoms with Crippen LogP contribution in [0.5, 0.6) is 0 Å². The van der Waals surface area contributed by atoms with Crippen molar-refractivity contribution in [2.24, 2.45) is 0 Å². The molecule has 6 saturated heterocycles. The molecule has 7 fully saturated rings. The molecule has 0 aromatic heterocycles. The van der Waals surface area contributed by atoms with Crippen LogP contribution in [-0.2, 0) is 56.8 Å². The van der Waals surface area contributed by atoms with Crippen molar-refractivity contribution in [3.05, 3.63) is 0 Å². The maximum absolute atomic E-state index is 11.9. The summed E-state index contributed by atoms with van der Waals surface area (Å²) in [7, 11) is 0. The van der Waals surface area contributed by atoms with Gasteiger partial charge in [0.1, 0.15) is 121 Å². The highest BCUT2D eigenvalue weighted by Gasteiger charge is 2.61. The highest BCUT2D eigenvalue weighted by Crippen LogP contribution is 2.41. The van der Waals surface area contributed by atoms with Gasteiger partial charge in [-0.25, -0.2) is 0 Å². The summed E-state index contributed by atoms with van der Waals surface area (Å²) in [6, 6.07) is 0. The Hall–Kier alpha value is -1.08. The molecular formula is C44H76O27. The molecule has 30 atom stereocenters. The first-order valence-electron chi connectivity index (χ1n) is 24.3. The molecule has 0 spiro atoms. The molecule has 0 aromatic carbocycles. The molecule has 27 heteroatoms. The number of hydrogen-bond donors (Lipinski definition) is 15. The van der Waals surface area contributed by atoms with Crippen molar-refractivity contribution in [3.8, 4) is 0 Å². The molecule has 71 heavy (non-hydrogen) atoms. The van der Waals surface area contributed by atoms with E-state index in [0.29, 0.717) is 12.8 Å². The van der Waals surface area contributed by atoms with Gasteiger partial charge in [0.15, 0.2) is 37.7 Å². The summed E-state index contributed by atoms with van der Waals surface area (Å²) in [5.74, 6) is 0. The van der Waals surface area contributed by atoms with Gasteiger partial charge in [-0.3, -0.25) is 0 Å². The number of rotatable bonds is 14. The van der Waals surface area contributed by atoms with Crippen molar-refractivity contribution >= 4 is 0 Å². The van der Waals surface area contributed by atoms with Crippen LogP contribution < -0.4 is 0 Å². The monoisotopic (exact) mass is 1040 g/mol. The fraction of sp³-hybridized carbons (Fsp3) is 1.00. The Bertz CT molecular complexity index is 1680. The van der Waals surface area contributed by atoms with Crippen LogP contribution in [0.2, 0.25) is 0 Å². The predicted octanol–water partition coefficient (Wildman–Crippen LogP) is -6.85. The Morgan fingerprint density at radius 3 is 1.08 bits per heavy atom. The lowest BCUT2D eigenvalue weighted by molar-refractivity contribution is -0.413. The summed E-state index contributed by atoms with van der Waals surface area (Å²) < 4.78 is 71.0. The lowest BCUT2D eigenvalue weighted by Crippen LogP contribution is -2.71. The van der Waals surface area contributed by atoms with Crippen LogP contribution >= 0.6 is 0 Å². The van der Waals surface area contributed by atoms with Gasteiger partial charge in [-0.1, -0.05) is 19.3 Å². The number of aliphatic hydroxyl groups excluding tert-OH is 13. The third-order valence-electron chi connectivity index (χ3n) is 15.0. The lowest BCUT2D eigenvalue weighted by atomic mass is 9.85. The van der Waals surface area contributed by atoms with Gasteiger partial charge in [-0.15, -0.1) is 0 Å². The summed E-state index contributed by atoms with van der Waals surface area (Å²) in [5.41, 5.74) is -4.81. The SMILES string of the molecule is C[C@@H]1O[C@@H](O[C@@H]2[C@H](O)[C@@H](O[C@@H]3[C@@H](O[C@@H]4[C@@H](O)[C@H](C)O[C@@H](OC5CCCCC5)[C@@H]4O)O[C@H](CO)[C@@H](O)[C@]3(C)O)O[C@H](C)[C@H]2O)[C@H](O)[C@H](O[C@H]2O[C@H](CO)[C@@H](O)[C@](C)(O)[C@@H]2O[C@H]2O[C@H](C)[C@@H](O)[C@H](O)[C@@H]2O)[C@H]1O. The van der Waals surface area contributed by atoms with E-state index in [1.807, 2.05) is 0 Å². The number of ether oxygens (including phenoxy) is 12. The minimum atomic E-state index is -2.41. The second-order valence-electron chi connectivity index (χ2n) is 20.4. The van der Waals surface area contributed by atoms with E-state index in [1.54, 1.807) is 0 Å². The Morgan fingerprint density at radius 1 is 0.380 bits per heavy atom. The van der Waals surface area contributed by atoms with Crippen LogP contribution in [0.3, 0.4) is 0 Å². The van der Waals surface area contributed by atoms with E-state index in [4.69, 9.17) is 56.8 Å². The summed E-state index contributed by atoms with van der Waals surface area (Å²) >= 11 is 0. The van der Waals surface area contributed by atoms with Crippen molar-refractivity contribution in [2.75, 3.05) is 13.2 Å². The molecule has 0 radical (unpaired) electrons. The van der Waals surface area contributed by atoms with Gasteiger partial charge in [0.2, 0.25) is 0 Å². The maximum atomic E-state index is 11.9. The molecule has 0 unspecified atom stereocenters. The van der Waals surface area contributed by atoms with E-state index in [-0.39, 0.29) is 6.10 Å². The molecule has 7 aliphatic rings. The molecule has 1 saturated carbocycles. The van der Waals surface area contributed by atoms with E-state index in [9.17, 15) is 76.6 Å². The van der Waals surface area contributed by atoms with Gasteiger partial charge in [0.25, 0.3) is 0 Å². The fourth-order valence-electron chi connectivity index (χ4n) is 10.3. The summed E-state index contributed by atoms with van der Waals surface area (Å²) in [6.07, 6.45) is -43.0. The van der Waals surface area contributed by atoms with Crippen molar-refractivity contribution < 1.29 is 133 Å². The van der Waals surface area contributed by atoms with Gasteiger partial charge in [0, 0.05) is 0 Å². The van der Waals surface area contributed by atoms with Crippen molar-refractivity contribution in [1.29, 1.82) is 0 Å². The van der Waals surface area contributed by atoms with Crippen molar-refractivity contribution in [3.63, 3.8) is 0 Å². The number of aliphatic hydroxyl groups is 15. The van der Waals surface area contributed by atoms with Crippen LogP contribution in [0.25, 0.3) is 0 Å². The molecular weight excluding hydrogens is 960 g/mol. The Kier molecular flexibility index (Phi) is 18.9. The van der Waals surface area contributed by atoms with E-state index in [0.717, 1.165) is 33.1 Å². The molecule has 15 N–H and O–H groups in total. The average molecular weight is 1040 g/mol. The molecule has 0 bridgehead atoms. The topological polar surface area (TPSA) is 414 Å². The zero-order valence-electron chi connectivity index (χ0n) is 40.3. The van der Waals surface area contributed by atoms with Crippen LogP contribution in [0.15, 0.2) is 0 Å². The second-order valence-corrected chi connectivity index (χ2v) is 20.4. The van der Waals surface area contributed by atoms with Crippen molar-refractivity contribution in [1.82, 2.24) is 0 Å². The molecule has 6 heterocycles. The molecule has 6 aliphatic heterocycles. The van der Waals surface area contributed by atoms with E-state index < -0.39 is 196 Å². The molecule has 414 valence electrons. The van der Waals surface area contributed by atoms with Gasteiger partial charge in [-0.05, 0) is 54.4 Å². The minimum absolute atomic E-state index is 0.243. The first-order chi connectivity index (χ1) is 33.3. The molecule has 0 aromatic rings. The van der Waals surface area contributed by atoms with Crippen LogP contribution in [0.4, 0.5) is 0 Å². The van der Waals surface area contributed by atoms with E-state index in [2.05, 4.69) is 0 Å².